The summed E-state index contributed by atoms with van der Waals surface area (Å²) in [6.45, 7) is 0. The monoisotopic (exact) mass is 278 g/mol. The minimum atomic E-state index is 0.408. The predicted molar refractivity (Wildman–Crippen MR) is 80.3 cm³/mol. The summed E-state index contributed by atoms with van der Waals surface area (Å²) in [5.41, 5.74) is 1.68. The smallest absolute Gasteiger partial charge is 0.100 e. The molecule has 0 saturated heterocycles. The molecular weight excluding hydrogens is 272 g/mol. The van der Waals surface area contributed by atoms with Crippen LogP contribution in [0.25, 0.3) is 21.5 Å². The van der Waals surface area contributed by atoms with Gasteiger partial charge in [-0.2, -0.15) is 21.0 Å². The zero-order valence-corrected chi connectivity index (χ0v) is 11.3. The Morgan fingerprint density at radius 2 is 0.909 bits per heavy atom. The molecule has 0 heterocycles. The van der Waals surface area contributed by atoms with Crippen LogP contribution < -0.4 is 0 Å². The molecule has 0 aliphatic rings. The summed E-state index contributed by atoms with van der Waals surface area (Å²) in [6.07, 6.45) is 0. The predicted octanol–water partition coefficient (Wildman–Crippen LogP) is 3.48. The number of fused-ring (bicyclic) bond motifs is 2. The van der Waals surface area contributed by atoms with Gasteiger partial charge < -0.3 is 0 Å². The summed E-state index contributed by atoms with van der Waals surface area (Å²) in [5, 5.41) is 39.5. The van der Waals surface area contributed by atoms with Gasteiger partial charge in [-0.05, 0) is 24.3 Å². The molecule has 3 rings (SSSR count). The highest BCUT2D eigenvalue weighted by atomic mass is 14.3. The summed E-state index contributed by atoms with van der Waals surface area (Å²) in [7, 11) is 0. The van der Waals surface area contributed by atoms with Gasteiger partial charge in [0.25, 0.3) is 0 Å². The lowest BCUT2D eigenvalue weighted by Crippen LogP contribution is -1.91. The molecule has 0 amide bonds. The quantitative estimate of drug-likeness (QED) is 0.588. The van der Waals surface area contributed by atoms with E-state index in [4.69, 9.17) is 10.5 Å². The van der Waals surface area contributed by atoms with Crippen molar-refractivity contribution in [3.63, 3.8) is 0 Å². The summed E-state index contributed by atoms with van der Waals surface area (Å²) in [5.74, 6) is 0. The van der Waals surface area contributed by atoms with E-state index < -0.39 is 0 Å². The van der Waals surface area contributed by atoms with E-state index in [9.17, 15) is 10.5 Å². The highest BCUT2D eigenvalue weighted by molar-refractivity contribution is 6.09. The maximum Gasteiger partial charge on any atom is 0.100 e. The van der Waals surface area contributed by atoms with Gasteiger partial charge >= 0.3 is 0 Å². The molecule has 0 N–H and O–H groups in total. The average Bonchev–Trinajstić information content (AvgIpc) is 2.58. The SMILES string of the molecule is N#Cc1ccc2c(C#N)c3cc(C#N)ccc3c(C#N)c2c1. The molecule has 3 aromatic carbocycles. The third-order valence-electron chi connectivity index (χ3n) is 3.60. The number of hydrogen-bond donors (Lipinski definition) is 0. The molecule has 0 aliphatic carbocycles. The second-order valence-electron chi connectivity index (χ2n) is 4.72. The van der Waals surface area contributed by atoms with Gasteiger partial charge in [0.2, 0.25) is 0 Å². The standard InChI is InChI=1S/C18H6N4/c19-7-11-1-3-13-15(5-11)18(10-22)14-4-2-12(8-20)6-16(14)17(13)9-21/h1-6H. The molecule has 4 nitrogen and oxygen atoms in total. The van der Waals surface area contributed by atoms with Crippen LogP contribution in [0.5, 0.6) is 0 Å². The van der Waals surface area contributed by atoms with Gasteiger partial charge in [-0.15, -0.1) is 0 Å². The van der Waals surface area contributed by atoms with Crippen LogP contribution in [-0.2, 0) is 0 Å². The van der Waals surface area contributed by atoms with E-state index in [0.717, 1.165) is 0 Å². The van der Waals surface area contributed by atoms with Crippen molar-refractivity contribution in [2.75, 3.05) is 0 Å². The van der Waals surface area contributed by atoms with Crippen molar-refractivity contribution >= 4 is 21.5 Å². The van der Waals surface area contributed by atoms with E-state index in [1.807, 2.05) is 12.1 Å². The first-order valence-electron chi connectivity index (χ1n) is 6.37. The Morgan fingerprint density at radius 1 is 0.500 bits per heavy atom. The summed E-state index contributed by atoms with van der Waals surface area (Å²) >= 11 is 0. The molecule has 0 unspecified atom stereocenters. The first-order chi connectivity index (χ1) is 10.7. The van der Waals surface area contributed by atoms with E-state index in [1.165, 1.54) is 0 Å². The van der Waals surface area contributed by atoms with Crippen LogP contribution in [0.1, 0.15) is 22.3 Å². The Labute approximate surface area is 126 Å². The summed E-state index contributed by atoms with van der Waals surface area (Å²) in [6, 6.07) is 18.2. The van der Waals surface area contributed by atoms with Crippen LogP contribution in [0.2, 0.25) is 0 Å². The second-order valence-corrected chi connectivity index (χ2v) is 4.72. The molecule has 0 atom stereocenters. The molecule has 0 bridgehead atoms. The third-order valence-corrected chi connectivity index (χ3v) is 3.60. The number of nitriles is 4. The van der Waals surface area contributed by atoms with Crippen LogP contribution >= 0.6 is 0 Å². The fourth-order valence-corrected chi connectivity index (χ4v) is 2.61. The van der Waals surface area contributed by atoms with Gasteiger partial charge in [0, 0.05) is 21.5 Å². The number of nitrogens with zero attached hydrogens (tertiary/aromatic N) is 4. The van der Waals surface area contributed by atoms with Crippen LogP contribution in [0.15, 0.2) is 36.4 Å². The molecule has 0 aliphatic heterocycles. The van der Waals surface area contributed by atoms with Gasteiger partial charge in [-0.3, -0.25) is 0 Å². The number of hydrogen-bond acceptors (Lipinski definition) is 4. The Morgan fingerprint density at radius 3 is 1.23 bits per heavy atom. The van der Waals surface area contributed by atoms with Gasteiger partial charge in [-0.1, -0.05) is 12.1 Å². The molecule has 0 spiro atoms. The van der Waals surface area contributed by atoms with Crippen molar-refractivity contribution < 1.29 is 0 Å². The average molecular weight is 278 g/mol. The van der Waals surface area contributed by atoms with Crippen molar-refractivity contribution in [3.8, 4) is 24.3 Å². The zero-order valence-electron chi connectivity index (χ0n) is 11.3. The van der Waals surface area contributed by atoms with Crippen molar-refractivity contribution in [1.82, 2.24) is 0 Å². The van der Waals surface area contributed by atoms with Crippen LogP contribution in [0, 0.1) is 45.3 Å². The molecule has 0 saturated carbocycles. The minimum absolute atomic E-state index is 0.408. The van der Waals surface area contributed by atoms with Crippen molar-refractivity contribution in [3.05, 3.63) is 58.7 Å². The minimum Gasteiger partial charge on any atom is -0.192 e. The first kappa shape index (κ1) is 13.1. The fourth-order valence-electron chi connectivity index (χ4n) is 2.61. The lowest BCUT2D eigenvalue weighted by Gasteiger charge is -2.09. The maximum absolute atomic E-state index is 9.51. The molecule has 22 heavy (non-hydrogen) atoms. The second kappa shape index (κ2) is 4.92. The first-order valence-corrected chi connectivity index (χ1v) is 6.37. The molecule has 0 fully saturated rings. The third kappa shape index (κ3) is 1.74. The normalized spacial score (nSPS) is 9.64. The molecule has 98 valence electrons. The number of rotatable bonds is 0. The van der Waals surface area contributed by atoms with Crippen LogP contribution in [0.4, 0.5) is 0 Å². The maximum atomic E-state index is 9.51. The summed E-state index contributed by atoms with van der Waals surface area (Å²) < 4.78 is 0. The van der Waals surface area contributed by atoms with Crippen molar-refractivity contribution in [2.45, 2.75) is 0 Å². The zero-order chi connectivity index (χ0) is 15.7. The number of benzene rings is 3. The van der Waals surface area contributed by atoms with Gasteiger partial charge in [-0.25, -0.2) is 0 Å². The van der Waals surface area contributed by atoms with E-state index >= 15 is 0 Å². The molecule has 0 radical (unpaired) electrons. The van der Waals surface area contributed by atoms with Gasteiger partial charge in [0.1, 0.15) is 12.1 Å². The largest absolute Gasteiger partial charge is 0.192 e. The molecule has 0 aromatic heterocycles. The fraction of sp³-hybridized carbons (Fsp3) is 0. The molecular formula is C18H6N4. The lowest BCUT2D eigenvalue weighted by molar-refractivity contribution is 1.47. The van der Waals surface area contributed by atoms with Crippen molar-refractivity contribution in [1.29, 1.82) is 21.0 Å². The van der Waals surface area contributed by atoms with Crippen molar-refractivity contribution in [2.24, 2.45) is 0 Å². The summed E-state index contributed by atoms with van der Waals surface area (Å²) in [4.78, 5) is 0. The Balaban J connectivity index is 2.65. The Hall–Kier alpha value is -3.86. The Kier molecular flexibility index (Phi) is 2.94. The van der Waals surface area contributed by atoms with E-state index in [0.29, 0.717) is 43.8 Å². The van der Waals surface area contributed by atoms with E-state index in [2.05, 4.69) is 12.1 Å². The Bertz CT molecular complexity index is 1020. The lowest BCUT2D eigenvalue weighted by atomic mass is 9.91. The molecule has 4 heteroatoms. The van der Waals surface area contributed by atoms with E-state index in [-0.39, 0.29) is 0 Å². The highest BCUT2D eigenvalue weighted by Crippen LogP contribution is 2.33. The molecule has 3 aromatic rings. The van der Waals surface area contributed by atoms with Gasteiger partial charge in [0.15, 0.2) is 0 Å². The highest BCUT2D eigenvalue weighted by Gasteiger charge is 2.14. The van der Waals surface area contributed by atoms with Crippen LogP contribution in [0.3, 0.4) is 0 Å². The topological polar surface area (TPSA) is 95.2 Å². The van der Waals surface area contributed by atoms with E-state index in [1.54, 1.807) is 36.4 Å². The van der Waals surface area contributed by atoms with Crippen LogP contribution in [-0.4, -0.2) is 0 Å². The van der Waals surface area contributed by atoms with Gasteiger partial charge in [0.05, 0.1) is 34.4 Å².